The van der Waals surface area contributed by atoms with Crippen molar-refractivity contribution in [1.29, 1.82) is 0 Å². The van der Waals surface area contributed by atoms with Crippen molar-refractivity contribution in [1.82, 2.24) is 0 Å². The van der Waals surface area contributed by atoms with Crippen molar-refractivity contribution in [2.45, 2.75) is 13.5 Å². The lowest BCUT2D eigenvalue weighted by Crippen LogP contribution is -2.11. The smallest absolute Gasteiger partial charge is 0.342 e. The molecule has 0 spiro atoms. The fourth-order valence-corrected chi connectivity index (χ4v) is 1.27. The van der Waals surface area contributed by atoms with Crippen LogP contribution in [0.1, 0.15) is 12.7 Å². The Morgan fingerprint density at radius 3 is 2.80 bits per heavy atom. The number of esters is 1. The molecule has 20 heavy (non-hydrogen) atoms. The quantitative estimate of drug-likeness (QED) is 0.370. The normalized spacial score (nSPS) is 12.1. The zero-order valence-corrected chi connectivity index (χ0v) is 10.8. The van der Waals surface area contributed by atoms with E-state index in [0.29, 0.717) is 0 Å². The number of rotatable bonds is 5. The zero-order valence-electron chi connectivity index (χ0n) is 10.8. The van der Waals surface area contributed by atoms with Gasteiger partial charge in [-0.25, -0.2) is 4.79 Å². The average Bonchev–Trinajstić information content (AvgIpc) is 2.44. The minimum absolute atomic E-state index is 0.0661. The van der Waals surface area contributed by atoms with Crippen LogP contribution in [0, 0.1) is 0 Å². The fourth-order valence-electron chi connectivity index (χ4n) is 1.27. The highest BCUT2D eigenvalue weighted by Crippen LogP contribution is 2.11. The van der Waals surface area contributed by atoms with Gasteiger partial charge >= 0.3 is 5.97 Å². The number of hydrogen-bond donors (Lipinski definition) is 2. The van der Waals surface area contributed by atoms with Crippen molar-refractivity contribution >= 4 is 5.97 Å². The molecule has 6 heteroatoms. The summed E-state index contributed by atoms with van der Waals surface area (Å²) in [7, 11) is 0. The summed E-state index contributed by atoms with van der Waals surface area (Å²) in [5, 5.41) is 18.5. The van der Waals surface area contributed by atoms with E-state index >= 15 is 0 Å². The molecule has 1 aromatic heterocycles. The fraction of sp³-hybridized carbons (Fsp3) is 0.143. The van der Waals surface area contributed by atoms with Gasteiger partial charge < -0.3 is 19.4 Å². The van der Waals surface area contributed by atoms with E-state index in [2.05, 4.69) is 6.58 Å². The molecule has 0 atom stereocenters. The van der Waals surface area contributed by atoms with Crippen LogP contribution in [0.25, 0.3) is 0 Å². The SMILES string of the molecule is C=C/C=C(C(=O)OCc1cc(=O)c(O)co1)\C(O)=C/C. The molecule has 1 rings (SSSR count). The molecule has 0 aliphatic rings. The van der Waals surface area contributed by atoms with E-state index in [9.17, 15) is 14.7 Å². The molecular weight excluding hydrogens is 264 g/mol. The van der Waals surface area contributed by atoms with Crippen molar-refractivity contribution in [3.8, 4) is 5.75 Å². The van der Waals surface area contributed by atoms with Crippen LogP contribution >= 0.6 is 0 Å². The van der Waals surface area contributed by atoms with Gasteiger partial charge in [-0.3, -0.25) is 4.79 Å². The van der Waals surface area contributed by atoms with E-state index in [1.54, 1.807) is 6.92 Å². The second kappa shape index (κ2) is 6.98. The van der Waals surface area contributed by atoms with E-state index < -0.39 is 17.1 Å². The Morgan fingerprint density at radius 2 is 2.25 bits per heavy atom. The maximum Gasteiger partial charge on any atom is 0.342 e. The third kappa shape index (κ3) is 3.88. The summed E-state index contributed by atoms with van der Waals surface area (Å²) >= 11 is 0. The van der Waals surface area contributed by atoms with Crippen molar-refractivity contribution in [2.75, 3.05) is 0 Å². The molecule has 1 heterocycles. The van der Waals surface area contributed by atoms with Crippen molar-refractivity contribution < 1.29 is 24.2 Å². The molecule has 2 N–H and O–H groups in total. The Hall–Kier alpha value is -2.76. The van der Waals surface area contributed by atoms with Gasteiger partial charge in [-0.1, -0.05) is 12.7 Å². The van der Waals surface area contributed by atoms with Crippen molar-refractivity contribution in [3.05, 3.63) is 64.5 Å². The molecule has 0 aliphatic heterocycles. The minimum atomic E-state index is -0.795. The summed E-state index contributed by atoms with van der Waals surface area (Å²) in [5.74, 6) is -1.50. The number of aromatic hydroxyl groups is 1. The highest BCUT2D eigenvalue weighted by molar-refractivity contribution is 5.92. The van der Waals surface area contributed by atoms with Crippen LogP contribution in [0.5, 0.6) is 5.75 Å². The molecule has 0 aliphatic carbocycles. The molecule has 6 nitrogen and oxygen atoms in total. The summed E-state index contributed by atoms with van der Waals surface area (Å²) in [6.45, 7) is 4.68. The monoisotopic (exact) mass is 278 g/mol. The number of carbonyl (C=O) groups excluding carboxylic acids is 1. The zero-order chi connectivity index (χ0) is 15.1. The number of hydrogen-bond acceptors (Lipinski definition) is 6. The number of aliphatic hydroxyl groups excluding tert-OH is 1. The predicted molar refractivity (Wildman–Crippen MR) is 71.1 cm³/mol. The van der Waals surface area contributed by atoms with Crippen LogP contribution in [0.3, 0.4) is 0 Å². The summed E-state index contributed by atoms with van der Waals surface area (Å²) in [5.41, 5.74) is -0.705. The third-order valence-electron chi connectivity index (χ3n) is 2.27. The number of carbonyl (C=O) groups is 1. The van der Waals surface area contributed by atoms with Gasteiger partial charge in [0.15, 0.2) is 5.75 Å². The first-order valence-electron chi connectivity index (χ1n) is 5.65. The van der Waals surface area contributed by atoms with Crippen LogP contribution in [0.2, 0.25) is 0 Å². The van der Waals surface area contributed by atoms with E-state index in [4.69, 9.17) is 14.3 Å². The average molecular weight is 278 g/mol. The molecule has 0 amide bonds. The van der Waals surface area contributed by atoms with Gasteiger partial charge in [0.1, 0.15) is 30.0 Å². The van der Waals surface area contributed by atoms with Gasteiger partial charge in [0, 0.05) is 6.07 Å². The molecular formula is C14H14O6. The van der Waals surface area contributed by atoms with Crippen LogP contribution in [0.15, 0.2) is 57.7 Å². The highest BCUT2D eigenvalue weighted by Gasteiger charge is 2.15. The topological polar surface area (TPSA) is 97.0 Å². The van der Waals surface area contributed by atoms with Gasteiger partial charge in [0.05, 0.1) is 0 Å². The molecule has 1 aromatic rings. The van der Waals surface area contributed by atoms with Gasteiger partial charge in [-0.2, -0.15) is 0 Å². The second-order valence-electron chi connectivity index (χ2n) is 3.66. The lowest BCUT2D eigenvalue weighted by Gasteiger charge is -2.06. The van der Waals surface area contributed by atoms with Crippen molar-refractivity contribution in [2.24, 2.45) is 0 Å². The summed E-state index contributed by atoms with van der Waals surface area (Å²) in [6.07, 6.45) is 4.81. The standard InChI is InChI=1S/C14H14O6/c1-3-5-10(11(15)4-2)14(18)20-7-9-6-12(16)13(17)8-19-9/h3-6,8,15,17H,1,7H2,2H3/b10-5+,11-4+. The van der Waals surface area contributed by atoms with E-state index in [-0.39, 0.29) is 23.7 Å². The first-order valence-corrected chi connectivity index (χ1v) is 5.65. The first kappa shape index (κ1) is 15.3. The maximum absolute atomic E-state index is 11.8. The van der Waals surface area contributed by atoms with E-state index in [0.717, 1.165) is 12.3 Å². The number of ether oxygens (including phenoxy) is 1. The van der Waals surface area contributed by atoms with Gasteiger partial charge in [-0.05, 0) is 19.1 Å². The number of allylic oxidation sites excluding steroid dienone is 3. The van der Waals surface area contributed by atoms with E-state index in [1.807, 2.05) is 0 Å². The van der Waals surface area contributed by atoms with Crippen LogP contribution < -0.4 is 5.43 Å². The summed E-state index contributed by atoms with van der Waals surface area (Å²) < 4.78 is 9.76. The molecule has 0 unspecified atom stereocenters. The Kier molecular flexibility index (Phi) is 5.34. The molecule has 0 saturated carbocycles. The highest BCUT2D eigenvalue weighted by atomic mass is 16.5. The molecule has 0 bridgehead atoms. The van der Waals surface area contributed by atoms with Crippen LogP contribution in [-0.4, -0.2) is 16.2 Å². The first-order chi connectivity index (χ1) is 9.49. The Balaban J connectivity index is 2.80. The molecule has 106 valence electrons. The molecule has 0 fully saturated rings. The third-order valence-corrected chi connectivity index (χ3v) is 2.27. The van der Waals surface area contributed by atoms with Gasteiger partial charge in [0.2, 0.25) is 5.43 Å². The lowest BCUT2D eigenvalue weighted by molar-refractivity contribution is -0.140. The van der Waals surface area contributed by atoms with E-state index in [1.165, 1.54) is 18.2 Å². The number of aliphatic hydroxyl groups is 1. The Labute approximate surface area is 114 Å². The van der Waals surface area contributed by atoms with Gasteiger partial charge in [-0.15, -0.1) is 0 Å². The minimum Gasteiger partial charge on any atom is -0.507 e. The Morgan fingerprint density at radius 1 is 1.55 bits per heavy atom. The summed E-state index contributed by atoms with van der Waals surface area (Å²) in [6, 6.07) is 1.01. The Bertz CT molecular complexity index is 621. The molecule has 0 aromatic carbocycles. The van der Waals surface area contributed by atoms with Crippen LogP contribution in [0.4, 0.5) is 0 Å². The summed E-state index contributed by atoms with van der Waals surface area (Å²) in [4.78, 5) is 22.9. The second-order valence-corrected chi connectivity index (χ2v) is 3.66. The van der Waals surface area contributed by atoms with Crippen LogP contribution in [-0.2, 0) is 16.1 Å². The predicted octanol–water partition coefficient (Wildman–Crippen LogP) is 1.96. The van der Waals surface area contributed by atoms with Crippen molar-refractivity contribution in [3.63, 3.8) is 0 Å². The lowest BCUT2D eigenvalue weighted by atomic mass is 10.2. The molecule has 0 radical (unpaired) electrons. The molecule has 0 saturated heterocycles. The maximum atomic E-state index is 11.8. The largest absolute Gasteiger partial charge is 0.507 e. The van der Waals surface area contributed by atoms with Gasteiger partial charge in [0.25, 0.3) is 0 Å².